The molecule has 0 unspecified atom stereocenters. The van der Waals surface area contributed by atoms with Gasteiger partial charge in [-0.2, -0.15) is 0 Å². The van der Waals surface area contributed by atoms with E-state index in [4.69, 9.17) is 4.74 Å². The van der Waals surface area contributed by atoms with E-state index in [-0.39, 0.29) is 5.56 Å². The van der Waals surface area contributed by atoms with Gasteiger partial charge in [-0.3, -0.25) is 10.1 Å². The second-order valence-electron chi connectivity index (χ2n) is 4.13. The highest BCUT2D eigenvalue weighted by molar-refractivity contribution is 7.15. The molecule has 1 amide bonds. The van der Waals surface area contributed by atoms with Crippen molar-refractivity contribution in [2.45, 2.75) is 13.0 Å². The van der Waals surface area contributed by atoms with Gasteiger partial charge in [-0.15, -0.1) is 0 Å². The molecule has 0 bridgehead atoms. The predicted molar refractivity (Wildman–Crippen MR) is 69.8 cm³/mol. The van der Waals surface area contributed by atoms with Crippen molar-refractivity contribution in [2.24, 2.45) is 0 Å². The van der Waals surface area contributed by atoms with Crippen molar-refractivity contribution in [1.29, 1.82) is 0 Å². The average Bonchev–Trinajstić information content (AvgIpc) is 2.81. The summed E-state index contributed by atoms with van der Waals surface area (Å²) in [5.41, 5.74) is 0.979. The van der Waals surface area contributed by atoms with Crippen LogP contribution in [0.2, 0.25) is 0 Å². The molecule has 0 radical (unpaired) electrons. The van der Waals surface area contributed by atoms with Gasteiger partial charge in [0.05, 0.1) is 29.3 Å². The van der Waals surface area contributed by atoms with Crippen LogP contribution in [-0.2, 0) is 17.8 Å². The Hall–Kier alpha value is -1.79. The highest BCUT2D eigenvalue weighted by Gasteiger charge is 2.18. The van der Waals surface area contributed by atoms with Crippen LogP contribution in [-0.4, -0.2) is 17.5 Å². The van der Waals surface area contributed by atoms with Gasteiger partial charge in [-0.1, -0.05) is 23.5 Å². The smallest absolute Gasteiger partial charge is 0.260 e. The molecule has 6 heteroatoms. The maximum absolute atomic E-state index is 13.5. The number of hydrogen-bond acceptors (Lipinski definition) is 4. The fourth-order valence-electron chi connectivity index (χ4n) is 1.89. The van der Waals surface area contributed by atoms with E-state index in [0.717, 1.165) is 17.0 Å². The molecule has 1 aromatic heterocycles. The Bertz CT molecular complexity index is 603. The van der Waals surface area contributed by atoms with E-state index in [9.17, 15) is 9.18 Å². The van der Waals surface area contributed by atoms with Crippen LogP contribution in [0.1, 0.15) is 20.9 Å². The lowest BCUT2D eigenvalue weighted by atomic mass is 10.2. The Kier molecular flexibility index (Phi) is 3.27. The summed E-state index contributed by atoms with van der Waals surface area (Å²) in [6.45, 7) is 1.18. The zero-order chi connectivity index (χ0) is 13.2. The number of hydrogen-bond donors (Lipinski definition) is 1. The summed E-state index contributed by atoms with van der Waals surface area (Å²) in [6, 6.07) is 5.88. The molecule has 2 heterocycles. The molecular formula is C13H11FN2O2S. The second kappa shape index (κ2) is 5.07. The number of halogens is 1. The van der Waals surface area contributed by atoms with Crippen molar-refractivity contribution < 1.29 is 13.9 Å². The third-order valence-electron chi connectivity index (χ3n) is 2.83. The summed E-state index contributed by atoms with van der Waals surface area (Å²) in [7, 11) is 0. The predicted octanol–water partition coefficient (Wildman–Crippen LogP) is 2.61. The van der Waals surface area contributed by atoms with Crippen LogP contribution >= 0.6 is 11.3 Å². The molecule has 0 saturated carbocycles. The fraction of sp³-hybridized carbons (Fsp3) is 0.231. The third kappa shape index (κ3) is 2.50. The highest BCUT2D eigenvalue weighted by atomic mass is 32.1. The largest absolute Gasteiger partial charge is 0.375 e. The first-order valence-electron chi connectivity index (χ1n) is 5.86. The Morgan fingerprint density at radius 2 is 2.26 bits per heavy atom. The summed E-state index contributed by atoms with van der Waals surface area (Å²) in [6.07, 6.45) is 0.751. The third-order valence-corrected chi connectivity index (χ3v) is 3.82. The standard InChI is InChI=1S/C13H11FN2O2S/c14-9-4-2-1-3-8(9)12(17)16-13-15-10-5-6-18-7-11(10)19-13/h1-4H,5-7H2,(H,15,16,17). The Labute approximate surface area is 113 Å². The Morgan fingerprint density at radius 1 is 1.42 bits per heavy atom. The number of carbonyl (C=O) groups excluding carboxylic acids is 1. The Morgan fingerprint density at radius 3 is 3.05 bits per heavy atom. The molecule has 1 aromatic carbocycles. The van der Waals surface area contributed by atoms with Crippen molar-refractivity contribution in [2.75, 3.05) is 11.9 Å². The molecule has 0 fully saturated rings. The second-order valence-corrected chi connectivity index (χ2v) is 5.21. The molecule has 0 saturated heterocycles. The van der Waals surface area contributed by atoms with Gasteiger partial charge in [-0.05, 0) is 12.1 Å². The van der Waals surface area contributed by atoms with Gasteiger partial charge < -0.3 is 4.74 Å². The van der Waals surface area contributed by atoms with Gasteiger partial charge in [0, 0.05) is 6.42 Å². The minimum absolute atomic E-state index is 0.0203. The van der Waals surface area contributed by atoms with Crippen molar-refractivity contribution in [1.82, 2.24) is 4.98 Å². The van der Waals surface area contributed by atoms with Crippen LogP contribution in [0.3, 0.4) is 0 Å². The lowest BCUT2D eigenvalue weighted by molar-refractivity contribution is 0.102. The molecule has 1 aliphatic heterocycles. The lowest BCUT2D eigenvalue weighted by Crippen LogP contribution is -2.13. The molecule has 19 heavy (non-hydrogen) atoms. The van der Waals surface area contributed by atoms with E-state index < -0.39 is 11.7 Å². The lowest BCUT2D eigenvalue weighted by Gasteiger charge is -2.08. The zero-order valence-electron chi connectivity index (χ0n) is 9.98. The van der Waals surface area contributed by atoms with E-state index >= 15 is 0 Å². The number of aromatic nitrogens is 1. The van der Waals surface area contributed by atoms with Gasteiger partial charge in [0.2, 0.25) is 0 Å². The maximum Gasteiger partial charge on any atom is 0.260 e. The molecule has 1 aliphatic rings. The van der Waals surface area contributed by atoms with E-state index in [2.05, 4.69) is 10.3 Å². The summed E-state index contributed by atoms with van der Waals surface area (Å²) < 4.78 is 18.8. The first-order chi connectivity index (χ1) is 9.24. The number of anilines is 1. The van der Waals surface area contributed by atoms with Crippen molar-refractivity contribution in [3.8, 4) is 0 Å². The van der Waals surface area contributed by atoms with Crippen LogP contribution in [0.4, 0.5) is 9.52 Å². The van der Waals surface area contributed by atoms with Crippen LogP contribution in [0, 0.1) is 5.82 Å². The Balaban J connectivity index is 1.80. The quantitative estimate of drug-likeness (QED) is 0.918. The monoisotopic (exact) mass is 278 g/mol. The van der Waals surface area contributed by atoms with Crippen molar-refractivity contribution >= 4 is 22.4 Å². The average molecular weight is 278 g/mol. The van der Waals surface area contributed by atoms with Gasteiger partial charge in [0.15, 0.2) is 5.13 Å². The number of benzene rings is 1. The van der Waals surface area contributed by atoms with Crippen LogP contribution < -0.4 is 5.32 Å². The van der Waals surface area contributed by atoms with Crippen molar-refractivity contribution in [3.05, 3.63) is 46.2 Å². The number of nitrogens with zero attached hydrogens (tertiary/aromatic N) is 1. The number of carbonyl (C=O) groups is 1. The molecule has 0 aliphatic carbocycles. The SMILES string of the molecule is O=C(Nc1nc2c(s1)COCC2)c1ccccc1F. The van der Waals surface area contributed by atoms with Gasteiger partial charge in [-0.25, -0.2) is 9.37 Å². The number of rotatable bonds is 2. The number of thiazole rings is 1. The number of amides is 1. The van der Waals surface area contributed by atoms with E-state index in [1.807, 2.05) is 0 Å². The number of ether oxygens (including phenoxy) is 1. The zero-order valence-corrected chi connectivity index (χ0v) is 10.8. The van der Waals surface area contributed by atoms with Gasteiger partial charge in [0.25, 0.3) is 5.91 Å². The topological polar surface area (TPSA) is 51.2 Å². The van der Waals surface area contributed by atoms with Crippen LogP contribution in [0.5, 0.6) is 0 Å². The minimum atomic E-state index is -0.537. The van der Waals surface area contributed by atoms with Crippen LogP contribution in [0.25, 0.3) is 0 Å². The fourth-order valence-corrected chi connectivity index (χ4v) is 2.83. The van der Waals surface area contributed by atoms with E-state index in [0.29, 0.717) is 18.3 Å². The molecular weight excluding hydrogens is 267 g/mol. The molecule has 2 aromatic rings. The highest BCUT2D eigenvalue weighted by Crippen LogP contribution is 2.27. The van der Waals surface area contributed by atoms with Gasteiger partial charge in [0.1, 0.15) is 5.82 Å². The first kappa shape index (κ1) is 12.3. The van der Waals surface area contributed by atoms with E-state index in [1.165, 1.54) is 23.5 Å². The van der Waals surface area contributed by atoms with Gasteiger partial charge >= 0.3 is 0 Å². The van der Waals surface area contributed by atoms with Crippen molar-refractivity contribution in [3.63, 3.8) is 0 Å². The molecule has 0 spiro atoms. The summed E-state index contributed by atoms with van der Waals surface area (Å²) in [5, 5.41) is 3.12. The van der Waals surface area contributed by atoms with Crippen LogP contribution in [0.15, 0.2) is 24.3 Å². The number of fused-ring (bicyclic) bond motifs is 1. The molecule has 3 rings (SSSR count). The maximum atomic E-state index is 13.5. The minimum Gasteiger partial charge on any atom is -0.375 e. The normalized spacial score (nSPS) is 13.9. The molecule has 4 nitrogen and oxygen atoms in total. The summed E-state index contributed by atoms with van der Waals surface area (Å²) in [5.74, 6) is -1.02. The van der Waals surface area contributed by atoms with E-state index in [1.54, 1.807) is 12.1 Å². The summed E-state index contributed by atoms with van der Waals surface area (Å²) >= 11 is 1.37. The summed E-state index contributed by atoms with van der Waals surface area (Å²) in [4.78, 5) is 17.3. The molecule has 1 N–H and O–H groups in total. The first-order valence-corrected chi connectivity index (χ1v) is 6.68. The number of nitrogens with one attached hydrogen (secondary N) is 1. The molecule has 98 valence electrons. The molecule has 0 atom stereocenters.